The van der Waals surface area contributed by atoms with Crippen molar-refractivity contribution in [2.75, 3.05) is 18.8 Å². The number of rotatable bonds is 3. The maximum atomic E-state index is 11.4. The van der Waals surface area contributed by atoms with E-state index in [0.717, 1.165) is 0 Å². The molecule has 0 saturated carbocycles. The van der Waals surface area contributed by atoms with Crippen molar-refractivity contribution < 1.29 is 8.95 Å². The van der Waals surface area contributed by atoms with Crippen LogP contribution in [0.5, 0.6) is 0 Å². The molecule has 1 atom stereocenters. The average molecular weight is 185 g/mol. The molecule has 0 saturated heterocycles. The lowest BCUT2D eigenvalue weighted by Crippen LogP contribution is -2.02. The zero-order valence-electron chi connectivity index (χ0n) is 6.82. The molecule has 0 bridgehead atoms. The minimum Gasteiger partial charge on any atom is -0.398 e. The van der Waals surface area contributed by atoms with E-state index in [1.54, 1.807) is 18.2 Å². The van der Waals surface area contributed by atoms with Gasteiger partial charge in [-0.2, -0.15) is 0 Å². The summed E-state index contributed by atoms with van der Waals surface area (Å²) in [6.07, 6.45) is 0. The van der Waals surface area contributed by atoms with Gasteiger partial charge in [-0.15, -0.1) is 0 Å². The number of nitrogens with two attached hydrogens (primary N) is 1. The first kappa shape index (κ1) is 9.22. The van der Waals surface area contributed by atoms with Gasteiger partial charge in [0.1, 0.15) is 5.94 Å². The summed E-state index contributed by atoms with van der Waals surface area (Å²) < 4.78 is 16.1. The molecule has 2 N–H and O–H groups in total. The van der Waals surface area contributed by atoms with E-state index in [4.69, 9.17) is 10.5 Å². The maximum Gasteiger partial charge on any atom is 0.126 e. The number of para-hydroxylation sites is 1. The number of benzene rings is 1. The van der Waals surface area contributed by atoms with E-state index in [2.05, 4.69) is 0 Å². The van der Waals surface area contributed by atoms with Crippen molar-refractivity contribution in [2.24, 2.45) is 0 Å². The molecule has 4 heteroatoms. The second-order valence-electron chi connectivity index (χ2n) is 2.29. The van der Waals surface area contributed by atoms with Crippen LogP contribution >= 0.6 is 0 Å². The fourth-order valence-electron chi connectivity index (χ4n) is 0.858. The molecule has 0 aliphatic heterocycles. The fourth-order valence-corrected chi connectivity index (χ4v) is 1.76. The van der Waals surface area contributed by atoms with E-state index in [0.29, 0.717) is 10.6 Å². The smallest absolute Gasteiger partial charge is 0.126 e. The van der Waals surface area contributed by atoms with E-state index in [1.807, 2.05) is 6.07 Å². The Hall–Kier alpha value is -0.870. The second kappa shape index (κ2) is 4.23. The van der Waals surface area contributed by atoms with Crippen LogP contribution in [-0.2, 0) is 15.5 Å². The molecule has 3 nitrogen and oxygen atoms in total. The van der Waals surface area contributed by atoms with E-state index in [-0.39, 0.29) is 5.94 Å². The summed E-state index contributed by atoms with van der Waals surface area (Å²) in [7, 11) is 0.369. The fraction of sp³-hybridized carbons (Fsp3) is 0.250. The SMILES string of the molecule is COCS(=O)c1ccccc1N. The first-order chi connectivity index (χ1) is 5.75. The van der Waals surface area contributed by atoms with Crippen LogP contribution in [0.1, 0.15) is 0 Å². The van der Waals surface area contributed by atoms with Gasteiger partial charge in [-0.05, 0) is 12.1 Å². The normalized spacial score (nSPS) is 12.8. The molecule has 0 aromatic heterocycles. The van der Waals surface area contributed by atoms with Crippen LogP contribution in [0.3, 0.4) is 0 Å². The molecule has 1 rings (SSSR count). The Balaban J connectivity index is 2.87. The van der Waals surface area contributed by atoms with Crippen molar-refractivity contribution in [3.05, 3.63) is 24.3 Å². The number of nitrogen functional groups attached to an aromatic ring is 1. The topological polar surface area (TPSA) is 52.3 Å². The van der Waals surface area contributed by atoms with E-state index >= 15 is 0 Å². The Morgan fingerprint density at radius 2 is 2.17 bits per heavy atom. The molecule has 0 heterocycles. The summed E-state index contributed by atoms with van der Waals surface area (Å²) in [5.74, 6) is 0.189. The van der Waals surface area contributed by atoms with E-state index in [1.165, 1.54) is 7.11 Å². The molecule has 12 heavy (non-hydrogen) atoms. The molecule has 0 spiro atoms. The highest BCUT2D eigenvalue weighted by Crippen LogP contribution is 2.14. The Kier molecular flexibility index (Phi) is 3.25. The molecule has 1 unspecified atom stereocenters. The van der Waals surface area contributed by atoms with Gasteiger partial charge >= 0.3 is 0 Å². The third-order valence-electron chi connectivity index (χ3n) is 1.39. The van der Waals surface area contributed by atoms with Crippen LogP contribution in [0.15, 0.2) is 29.2 Å². The largest absolute Gasteiger partial charge is 0.398 e. The molecular formula is C8H11NO2S. The monoisotopic (exact) mass is 185 g/mol. The molecule has 1 aromatic rings. The highest BCUT2D eigenvalue weighted by molar-refractivity contribution is 7.85. The van der Waals surface area contributed by atoms with E-state index < -0.39 is 10.8 Å². The quantitative estimate of drug-likeness (QED) is 0.714. The first-order valence-electron chi connectivity index (χ1n) is 3.47. The zero-order chi connectivity index (χ0) is 8.97. The zero-order valence-corrected chi connectivity index (χ0v) is 7.64. The Bertz CT molecular complexity index is 288. The van der Waals surface area contributed by atoms with Crippen molar-refractivity contribution in [3.63, 3.8) is 0 Å². The highest BCUT2D eigenvalue weighted by atomic mass is 32.2. The van der Waals surface area contributed by atoms with Crippen LogP contribution in [0, 0.1) is 0 Å². The van der Waals surface area contributed by atoms with E-state index in [9.17, 15) is 4.21 Å². The second-order valence-corrected chi connectivity index (χ2v) is 3.66. The summed E-state index contributed by atoms with van der Waals surface area (Å²) in [5.41, 5.74) is 6.15. The lowest BCUT2D eigenvalue weighted by atomic mass is 10.3. The first-order valence-corrected chi connectivity index (χ1v) is 4.79. The number of methoxy groups -OCH3 is 1. The average Bonchev–Trinajstić information content (AvgIpc) is 2.05. The summed E-state index contributed by atoms with van der Waals surface area (Å²) in [4.78, 5) is 0.638. The Morgan fingerprint density at radius 3 is 2.75 bits per heavy atom. The molecule has 66 valence electrons. The molecule has 0 radical (unpaired) electrons. The predicted molar refractivity (Wildman–Crippen MR) is 49.1 cm³/mol. The van der Waals surface area contributed by atoms with Crippen LogP contribution in [-0.4, -0.2) is 17.3 Å². The highest BCUT2D eigenvalue weighted by Gasteiger charge is 2.05. The lowest BCUT2D eigenvalue weighted by molar-refractivity contribution is 0.254. The molecule has 0 amide bonds. The summed E-state index contributed by atoms with van der Waals surface area (Å²) >= 11 is 0. The molecule has 0 fully saturated rings. The van der Waals surface area contributed by atoms with Crippen LogP contribution in [0.2, 0.25) is 0 Å². The number of hydrogen-bond acceptors (Lipinski definition) is 3. The van der Waals surface area contributed by atoms with Gasteiger partial charge in [-0.1, -0.05) is 12.1 Å². The van der Waals surface area contributed by atoms with Gasteiger partial charge in [0.05, 0.1) is 15.7 Å². The third kappa shape index (κ3) is 2.06. The minimum atomic E-state index is -1.14. The standard InChI is InChI=1S/C8H11NO2S/c1-11-6-12(10)8-5-3-2-4-7(8)9/h2-5H,6,9H2,1H3. The van der Waals surface area contributed by atoms with Gasteiger partial charge in [-0.25, -0.2) is 0 Å². The van der Waals surface area contributed by atoms with Gasteiger partial charge in [0, 0.05) is 12.8 Å². The Labute approximate surface area is 74.0 Å². The van der Waals surface area contributed by atoms with Gasteiger partial charge in [0.2, 0.25) is 0 Å². The molecular weight excluding hydrogens is 174 g/mol. The van der Waals surface area contributed by atoms with Crippen molar-refractivity contribution in [3.8, 4) is 0 Å². The Morgan fingerprint density at radius 1 is 1.50 bits per heavy atom. The maximum absolute atomic E-state index is 11.4. The lowest BCUT2D eigenvalue weighted by Gasteiger charge is -2.03. The van der Waals surface area contributed by atoms with Crippen LogP contribution in [0.25, 0.3) is 0 Å². The van der Waals surface area contributed by atoms with Crippen molar-refractivity contribution >= 4 is 16.5 Å². The summed E-state index contributed by atoms with van der Waals surface area (Å²) in [6, 6.07) is 7.08. The van der Waals surface area contributed by atoms with Crippen molar-refractivity contribution in [2.45, 2.75) is 4.90 Å². The predicted octanol–water partition coefficient (Wildman–Crippen LogP) is 0.980. The van der Waals surface area contributed by atoms with Crippen LogP contribution < -0.4 is 5.73 Å². The summed E-state index contributed by atoms with van der Waals surface area (Å²) in [6.45, 7) is 0. The number of hydrogen-bond donors (Lipinski definition) is 1. The van der Waals surface area contributed by atoms with Crippen LogP contribution in [0.4, 0.5) is 5.69 Å². The van der Waals surface area contributed by atoms with Crippen molar-refractivity contribution in [1.82, 2.24) is 0 Å². The molecule has 0 aliphatic rings. The van der Waals surface area contributed by atoms with Gasteiger partial charge < -0.3 is 10.5 Å². The van der Waals surface area contributed by atoms with Gasteiger partial charge in [0.25, 0.3) is 0 Å². The number of ether oxygens (including phenoxy) is 1. The molecule has 0 aliphatic carbocycles. The summed E-state index contributed by atoms with van der Waals surface area (Å²) in [5, 5.41) is 0. The minimum absolute atomic E-state index is 0.189. The number of anilines is 1. The molecule has 1 aromatic carbocycles. The van der Waals surface area contributed by atoms with Gasteiger partial charge in [0.15, 0.2) is 0 Å². The third-order valence-corrected chi connectivity index (χ3v) is 2.70. The van der Waals surface area contributed by atoms with Crippen molar-refractivity contribution in [1.29, 1.82) is 0 Å². The van der Waals surface area contributed by atoms with Gasteiger partial charge in [-0.3, -0.25) is 4.21 Å².